The smallest absolute Gasteiger partial charge is 0.326 e. The van der Waals surface area contributed by atoms with E-state index in [0.29, 0.717) is 0 Å². The minimum absolute atomic E-state index is 0.221. The van der Waals surface area contributed by atoms with Crippen LogP contribution in [0.4, 0.5) is 0 Å². The van der Waals surface area contributed by atoms with E-state index in [1.165, 1.54) is 7.05 Å². The number of carboxylic acids is 1. The number of aliphatic carboxylic acids is 1. The van der Waals surface area contributed by atoms with E-state index in [4.69, 9.17) is 10.2 Å². The third-order valence-corrected chi connectivity index (χ3v) is 2.55. The molecule has 5 nitrogen and oxygen atoms in total. The molecule has 0 aliphatic rings. The highest BCUT2D eigenvalue weighted by Gasteiger charge is 2.26. The highest BCUT2D eigenvalue weighted by atomic mass is 16.4. The lowest BCUT2D eigenvalue weighted by Crippen LogP contribution is -2.44. The van der Waals surface area contributed by atoms with Gasteiger partial charge in [-0.15, -0.1) is 0 Å². The van der Waals surface area contributed by atoms with Crippen molar-refractivity contribution in [3.05, 3.63) is 35.9 Å². The van der Waals surface area contributed by atoms with E-state index < -0.39 is 24.5 Å². The molecule has 1 aromatic carbocycles. The maximum atomic E-state index is 11.3. The van der Waals surface area contributed by atoms with Crippen molar-refractivity contribution in [2.45, 2.75) is 12.5 Å². The first-order valence-corrected chi connectivity index (χ1v) is 5.19. The van der Waals surface area contributed by atoms with Crippen molar-refractivity contribution in [1.82, 2.24) is 4.90 Å². The number of hydrogen-bond donors (Lipinski definition) is 2. The van der Waals surface area contributed by atoms with Crippen molar-refractivity contribution < 1.29 is 19.8 Å². The predicted octanol–water partition coefficient (Wildman–Crippen LogP) is 0.133. The number of hydrogen-bond acceptors (Lipinski definition) is 3. The van der Waals surface area contributed by atoms with Crippen LogP contribution in [0.2, 0.25) is 0 Å². The van der Waals surface area contributed by atoms with E-state index in [2.05, 4.69) is 0 Å². The van der Waals surface area contributed by atoms with Crippen LogP contribution in [0.15, 0.2) is 30.3 Å². The quantitative estimate of drug-likeness (QED) is 0.763. The largest absolute Gasteiger partial charge is 0.480 e. The Balaban J connectivity index is 2.81. The molecule has 1 unspecified atom stereocenters. The lowest BCUT2D eigenvalue weighted by molar-refractivity contribution is -0.150. The molecule has 0 saturated carbocycles. The summed E-state index contributed by atoms with van der Waals surface area (Å²) < 4.78 is 0. The Hall–Kier alpha value is -1.88. The SMILES string of the molecule is CN(C(=O)CO)C(Cc1ccccc1)C(=O)O. The molecule has 1 atom stereocenters. The number of carbonyl (C=O) groups is 2. The molecule has 1 aromatic rings. The van der Waals surface area contributed by atoms with E-state index in [-0.39, 0.29) is 6.42 Å². The van der Waals surface area contributed by atoms with Gasteiger partial charge in [-0.1, -0.05) is 30.3 Å². The number of rotatable bonds is 5. The highest BCUT2D eigenvalue weighted by Crippen LogP contribution is 2.08. The third-order valence-electron chi connectivity index (χ3n) is 2.55. The molecule has 0 saturated heterocycles. The number of carboxylic acid groups (broad SMARTS) is 1. The number of benzene rings is 1. The lowest BCUT2D eigenvalue weighted by atomic mass is 10.1. The zero-order valence-electron chi connectivity index (χ0n) is 9.54. The summed E-state index contributed by atoms with van der Waals surface area (Å²) in [6.45, 7) is -0.685. The molecular weight excluding hydrogens is 222 g/mol. The number of amides is 1. The third kappa shape index (κ3) is 3.57. The summed E-state index contributed by atoms with van der Waals surface area (Å²) in [4.78, 5) is 23.4. The Kier molecular flexibility index (Phi) is 4.66. The minimum atomic E-state index is -1.09. The van der Waals surface area contributed by atoms with E-state index in [1.807, 2.05) is 18.2 Å². The van der Waals surface area contributed by atoms with Crippen molar-refractivity contribution in [3.8, 4) is 0 Å². The first kappa shape index (κ1) is 13.2. The molecule has 0 aliphatic heterocycles. The standard InChI is InChI=1S/C12H15NO4/c1-13(11(15)8-14)10(12(16)17)7-9-5-3-2-4-6-9/h2-6,10,14H,7-8H2,1H3,(H,16,17). The molecule has 0 aliphatic carbocycles. The van der Waals surface area contributed by atoms with Crippen LogP contribution in [0.1, 0.15) is 5.56 Å². The molecular formula is C12H15NO4. The summed E-state index contributed by atoms with van der Waals surface area (Å²) >= 11 is 0. The van der Waals surface area contributed by atoms with Crippen LogP contribution in [0.5, 0.6) is 0 Å². The predicted molar refractivity (Wildman–Crippen MR) is 61.4 cm³/mol. The maximum Gasteiger partial charge on any atom is 0.326 e. The number of nitrogens with zero attached hydrogens (tertiary/aromatic N) is 1. The minimum Gasteiger partial charge on any atom is -0.480 e. The topological polar surface area (TPSA) is 77.8 Å². The maximum absolute atomic E-state index is 11.3. The van der Waals surface area contributed by atoms with Crippen molar-refractivity contribution in [2.75, 3.05) is 13.7 Å². The summed E-state index contributed by atoms with van der Waals surface area (Å²) in [7, 11) is 1.38. The van der Waals surface area contributed by atoms with Gasteiger partial charge in [-0.2, -0.15) is 0 Å². The Morgan fingerprint density at radius 2 is 1.88 bits per heavy atom. The molecule has 0 fully saturated rings. The normalized spacial score (nSPS) is 11.9. The van der Waals surface area contributed by atoms with Crippen LogP contribution in [-0.2, 0) is 16.0 Å². The molecule has 5 heteroatoms. The van der Waals surface area contributed by atoms with E-state index >= 15 is 0 Å². The van der Waals surface area contributed by atoms with Gasteiger partial charge in [0.25, 0.3) is 0 Å². The fourth-order valence-corrected chi connectivity index (χ4v) is 1.51. The second kappa shape index (κ2) is 6.00. The molecule has 0 spiro atoms. The summed E-state index contributed by atoms with van der Waals surface area (Å²) in [5.74, 6) is -1.69. The van der Waals surface area contributed by atoms with Gasteiger partial charge in [-0.3, -0.25) is 4.79 Å². The van der Waals surface area contributed by atoms with Crippen LogP contribution >= 0.6 is 0 Å². The lowest BCUT2D eigenvalue weighted by Gasteiger charge is -2.24. The molecule has 1 amide bonds. The van der Waals surface area contributed by atoms with Crippen LogP contribution in [0, 0.1) is 0 Å². The summed E-state index contributed by atoms with van der Waals surface area (Å²) in [6, 6.07) is 8.09. The Morgan fingerprint density at radius 3 is 2.35 bits per heavy atom. The van der Waals surface area contributed by atoms with Crippen molar-refractivity contribution in [2.24, 2.45) is 0 Å². The van der Waals surface area contributed by atoms with Gasteiger partial charge >= 0.3 is 5.97 Å². The molecule has 0 radical (unpaired) electrons. The van der Waals surface area contributed by atoms with Gasteiger partial charge in [0.05, 0.1) is 0 Å². The zero-order valence-corrected chi connectivity index (χ0v) is 9.54. The van der Waals surface area contributed by atoms with E-state index in [1.54, 1.807) is 12.1 Å². The monoisotopic (exact) mass is 237 g/mol. The van der Waals surface area contributed by atoms with Crippen LogP contribution in [0.25, 0.3) is 0 Å². The molecule has 17 heavy (non-hydrogen) atoms. The first-order chi connectivity index (χ1) is 8.06. The van der Waals surface area contributed by atoms with Crippen LogP contribution in [-0.4, -0.2) is 46.7 Å². The van der Waals surface area contributed by atoms with Crippen molar-refractivity contribution in [1.29, 1.82) is 0 Å². The average molecular weight is 237 g/mol. The summed E-state index contributed by atoms with van der Waals surface area (Å²) in [6.07, 6.45) is 0.221. The second-order valence-corrected chi connectivity index (χ2v) is 3.71. The summed E-state index contributed by atoms with van der Waals surface area (Å²) in [5, 5.41) is 17.8. The van der Waals surface area contributed by atoms with Crippen LogP contribution in [0.3, 0.4) is 0 Å². The van der Waals surface area contributed by atoms with Gasteiger partial charge in [0.1, 0.15) is 12.6 Å². The van der Waals surface area contributed by atoms with Gasteiger partial charge in [0, 0.05) is 13.5 Å². The molecule has 2 N–H and O–H groups in total. The van der Waals surface area contributed by atoms with E-state index in [9.17, 15) is 9.59 Å². The Bertz CT molecular complexity index is 391. The van der Waals surface area contributed by atoms with Crippen molar-refractivity contribution in [3.63, 3.8) is 0 Å². The molecule has 0 bridgehead atoms. The number of carbonyl (C=O) groups excluding carboxylic acids is 1. The second-order valence-electron chi connectivity index (χ2n) is 3.71. The zero-order chi connectivity index (χ0) is 12.8. The van der Waals surface area contributed by atoms with Crippen molar-refractivity contribution >= 4 is 11.9 Å². The van der Waals surface area contributed by atoms with Gasteiger partial charge in [-0.05, 0) is 5.56 Å². The number of aliphatic hydroxyl groups is 1. The van der Waals surface area contributed by atoms with Gasteiger partial charge in [-0.25, -0.2) is 4.79 Å². The molecule has 1 rings (SSSR count). The fourth-order valence-electron chi connectivity index (χ4n) is 1.51. The molecule has 0 heterocycles. The fraction of sp³-hybridized carbons (Fsp3) is 0.333. The Labute approximate surface area is 99.3 Å². The first-order valence-electron chi connectivity index (χ1n) is 5.19. The van der Waals surface area contributed by atoms with Gasteiger partial charge < -0.3 is 15.1 Å². The molecule has 92 valence electrons. The average Bonchev–Trinajstić information content (AvgIpc) is 2.35. The van der Waals surface area contributed by atoms with Gasteiger partial charge in [0.15, 0.2) is 0 Å². The van der Waals surface area contributed by atoms with Crippen LogP contribution < -0.4 is 0 Å². The van der Waals surface area contributed by atoms with E-state index in [0.717, 1.165) is 10.5 Å². The van der Waals surface area contributed by atoms with Gasteiger partial charge in [0.2, 0.25) is 5.91 Å². The Morgan fingerprint density at radius 1 is 1.29 bits per heavy atom. The number of aliphatic hydroxyl groups excluding tert-OH is 1. The summed E-state index contributed by atoms with van der Waals surface area (Å²) in [5.41, 5.74) is 0.831. The number of likely N-dealkylation sites (N-methyl/N-ethyl adjacent to an activating group) is 1. The highest BCUT2D eigenvalue weighted by molar-refractivity contribution is 5.84. The molecule has 0 aromatic heterocycles.